The maximum atomic E-state index is 3.88. The number of anilines is 1. The Morgan fingerprint density at radius 3 is 3.20 bits per heavy atom. The Morgan fingerprint density at radius 2 is 2.40 bits per heavy atom. The van der Waals surface area contributed by atoms with Crippen LogP contribution in [0.1, 0.15) is 18.1 Å². The highest BCUT2D eigenvalue weighted by Gasteiger charge is 2.12. The van der Waals surface area contributed by atoms with E-state index >= 15 is 0 Å². The fourth-order valence-corrected chi connectivity index (χ4v) is 1.97. The van der Waals surface area contributed by atoms with Crippen LogP contribution in [0.4, 0.5) is 5.69 Å². The van der Waals surface area contributed by atoms with E-state index in [4.69, 9.17) is 0 Å². The van der Waals surface area contributed by atoms with Crippen molar-refractivity contribution < 1.29 is 0 Å². The first-order valence-corrected chi connectivity index (χ1v) is 5.47. The maximum absolute atomic E-state index is 3.88. The van der Waals surface area contributed by atoms with Crippen LogP contribution in [0.25, 0.3) is 0 Å². The molecule has 0 amide bonds. The number of para-hydroxylation sites is 1. The molecule has 15 heavy (non-hydrogen) atoms. The fourth-order valence-electron chi connectivity index (χ4n) is 1.97. The summed E-state index contributed by atoms with van der Waals surface area (Å²) in [5.74, 6) is 0. The van der Waals surface area contributed by atoms with Gasteiger partial charge in [0.1, 0.15) is 0 Å². The van der Waals surface area contributed by atoms with E-state index in [2.05, 4.69) is 35.4 Å². The molecule has 2 rings (SSSR count). The molecule has 2 nitrogen and oxygen atoms in total. The quantitative estimate of drug-likeness (QED) is 0.732. The lowest BCUT2D eigenvalue weighted by Crippen LogP contribution is -2.16. The summed E-state index contributed by atoms with van der Waals surface area (Å²) in [5, 5.41) is 6.84. The van der Waals surface area contributed by atoms with Gasteiger partial charge in [-0.2, -0.15) is 0 Å². The van der Waals surface area contributed by atoms with Gasteiger partial charge in [-0.05, 0) is 24.5 Å². The predicted molar refractivity (Wildman–Crippen MR) is 65.2 cm³/mol. The van der Waals surface area contributed by atoms with Crippen LogP contribution in [0, 0.1) is 0 Å². The third kappa shape index (κ3) is 2.39. The molecule has 0 atom stereocenters. The van der Waals surface area contributed by atoms with Gasteiger partial charge < -0.3 is 10.6 Å². The van der Waals surface area contributed by atoms with Gasteiger partial charge in [0, 0.05) is 25.3 Å². The van der Waals surface area contributed by atoms with Crippen molar-refractivity contribution in [1.29, 1.82) is 0 Å². The molecule has 0 fully saturated rings. The molecule has 0 unspecified atom stereocenters. The normalized spacial score (nSPS) is 13.4. The fraction of sp³-hybridized carbons (Fsp3) is 0.385. The smallest absolute Gasteiger partial charge is 0.0419 e. The first kappa shape index (κ1) is 10.2. The topological polar surface area (TPSA) is 24.1 Å². The van der Waals surface area contributed by atoms with Gasteiger partial charge in [0.2, 0.25) is 0 Å². The average molecular weight is 202 g/mol. The molecule has 2 heteroatoms. The first-order valence-electron chi connectivity index (χ1n) is 5.47. The molecule has 1 aliphatic heterocycles. The third-order valence-corrected chi connectivity index (χ3v) is 2.68. The van der Waals surface area contributed by atoms with E-state index < -0.39 is 0 Å². The van der Waals surface area contributed by atoms with Gasteiger partial charge in [-0.1, -0.05) is 30.4 Å². The molecule has 1 aliphatic rings. The second-order valence-electron chi connectivity index (χ2n) is 4.19. The summed E-state index contributed by atoms with van der Waals surface area (Å²) in [6.45, 7) is 8.81. The minimum Gasteiger partial charge on any atom is -0.384 e. The van der Waals surface area contributed by atoms with Crippen molar-refractivity contribution in [3.05, 3.63) is 41.5 Å². The van der Waals surface area contributed by atoms with Crippen molar-refractivity contribution in [3.63, 3.8) is 0 Å². The van der Waals surface area contributed by atoms with Crippen LogP contribution in [0.2, 0.25) is 0 Å². The van der Waals surface area contributed by atoms with Crippen molar-refractivity contribution in [2.45, 2.75) is 19.9 Å². The summed E-state index contributed by atoms with van der Waals surface area (Å²) in [7, 11) is 0. The summed E-state index contributed by atoms with van der Waals surface area (Å²) in [4.78, 5) is 0. The molecule has 0 saturated carbocycles. The predicted octanol–water partition coefficient (Wildman–Crippen LogP) is 2.32. The van der Waals surface area contributed by atoms with Crippen LogP contribution in [-0.4, -0.2) is 13.1 Å². The summed E-state index contributed by atoms with van der Waals surface area (Å²) < 4.78 is 0. The van der Waals surface area contributed by atoms with Crippen molar-refractivity contribution in [1.82, 2.24) is 5.32 Å². The lowest BCUT2D eigenvalue weighted by molar-refractivity contribution is 0.742. The lowest BCUT2D eigenvalue weighted by atomic mass is 10.1. The Labute approximate surface area is 91.4 Å². The van der Waals surface area contributed by atoms with Crippen LogP contribution >= 0.6 is 0 Å². The van der Waals surface area contributed by atoms with E-state index in [0.29, 0.717) is 0 Å². The summed E-state index contributed by atoms with van der Waals surface area (Å²) in [6.07, 6.45) is 1.16. The summed E-state index contributed by atoms with van der Waals surface area (Å²) in [5.41, 5.74) is 5.33. The second kappa shape index (κ2) is 4.49. The zero-order valence-electron chi connectivity index (χ0n) is 9.27. The van der Waals surface area contributed by atoms with Gasteiger partial charge in [0.15, 0.2) is 0 Å². The van der Waals surface area contributed by atoms with Crippen LogP contribution < -0.4 is 10.6 Å². The van der Waals surface area contributed by atoms with E-state index in [1.165, 1.54) is 22.4 Å². The number of rotatable bonds is 4. The van der Waals surface area contributed by atoms with E-state index in [1.807, 2.05) is 6.92 Å². The van der Waals surface area contributed by atoms with Crippen LogP contribution in [0.15, 0.2) is 30.4 Å². The van der Waals surface area contributed by atoms with Gasteiger partial charge in [-0.25, -0.2) is 0 Å². The standard InChI is InChI=1S/C13H18N2/c1-10(2)8-14-9-12-5-3-4-11-6-7-15-13(11)12/h3-5,14-15H,1,6-9H2,2H3. The largest absolute Gasteiger partial charge is 0.384 e. The van der Waals surface area contributed by atoms with Gasteiger partial charge in [-0.3, -0.25) is 0 Å². The van der Waals surface area contributed by atoms with Crippen LogP contribution in [0.3, 0.4) is 0 Å². The Bertz CT molecular complexity index is 369. The number of nitrogens with one attached hydrogen (secondary N) is 2. The SMILES string of the molecule is C=C(C)CNCc1cccc2c1NCC2. The van der Waals surface area contributed by atoms with E-state index in [-0.39, 0.29) is 0 Å². The molecule has 0 aliphatic carbocycles. The molecule has 1 aromatic rings. The number of fused-ring (bicyclic) bond motifs is 1. The van der Waals surface area contributed by atoms with Gasteiger partial charge in [-0.15, -0.1) is 0 Å². The maximum Gasteiger partial charge on any atom is 0.0419 e. The van der Waals surface area contributed by atoms with Crippen molar-refractivity contribution in [3.8, 4) is 0 Å². The molecule has 1 aromatic carbocycles. The highest BCUT2D eigenvalue weighted by Crippen LogP contribution is 2.26. The zero-order chi connectivity index (χ0) is 10.7. The minimum atomic E-state index is 0.893. The van der Waals surface area contributed by atoms with Crippen molar-refractivity contribution >= 4 is 5.69 Å². The molecular formula is C13H18N2. The summed E-state index contributed by atoms with van der Waals surface area (Å²) >= 11 is 0. The first-order chi connectivity index (χ1) is 7.27. The van der Waals surface area contributed by atoms with E-state index in [1.54, 1.807) is 0 Å². The van der Waals surface area contributed by atoms with Gasteiger partial charge in [0.25, 0.3) is 0 Å². The highest BCUT2D eigenvalue weighted by atomic mass is 14.9. The van der Waals surface area contributed by atoms with E-state index in [0.717, 1.165) is 26.1 Å². The molecule has 80 valence electrons. The molecule has 0 bridgehead atoms. The number of hydrogen-bond donors (Lipinski definition) is 2. The molecule has 0 spiro atoms. The number of benzene rings is 1. The zero-order valence-corrected chi connectivity index (χ0v) is 9.27. The Morgan fingerprint density at radius 1 is 1.53 bits per heavy atom. The van der Waals surface area contributed by atoms with Crippen molar-refractivity contribution in [2.24, 2.45) is 0 Å². The molecule has 2 N–H and O–H groups in total. The second-order valence-corrected chi connectivity index (χ2v) is 4.19. The van der Waals surface area contributed by atoms with Gasteiger partial charge >= 0.3 is 0 Å². The molecule has 1 heterocycles. The Hall–Kier alpha value is -1.28. The Kier molecular flexibility index (Phi) is 3.07. The van der Waals surface area contributed by atoms with Crippen LogP contribution in [-0.2, 0) is 13.0 Å². The minimum absolute atomic E-state index is 0.893. The third-order valence-electron chi connectivity index (χ3n) is 2.68. The molecular weight excluding hydrogens is 184 g/mol. The Balaban J connectivity index is 2.02. The molecule has 0 radical (unpaired) electrons. The van der Waals surface area contributed by atoms with Gasteiger partial charge in [0.05, 0.1) is 0 Å². The van der Waals surface area contributed by atoms with Crippen LogP contribution in [0.5, 0.6) is 0 Å². The van der Waals surface area contributed by atoms with E-state index in [9.17, 15) is 0 Å². The van der Waals surface area contributed by atoms with Crippen molar-refractivity contribution in [2.75, 3.05) is 18.4 Å². The number of hydrogen-bond acceptors (Lipinski definition) is 2. The molecule has 0 aromatic heterocycles. The molecule has 0 saturated heterocycles. The monoisotopic (exact) mass is 202 g/mol. The highest BCUT2D eigenvalue weighted by molar-refractivity contribution is 5.61. The average Bonchev–Trinajstić information content (AvgIpc) is 2.65. The summed E-state index contributed by atoms with van der Waals surface area (Å²) in [6, 6.07) is 6.53. The lowest BCUT2D eigenvalue weighted by Gasteiger charge is -2.09.